The Morgan fingerprint density at radius 1 is 1.16 bits per heavy atom. The van der Waals surface area contributed by atoms with Gasteiger partial charge in [0.15, 0.2) is 12.5 Å². The number of hydrogen-bond acceptors (Lipinski definition) is 12. The van der Waals surface area contributed by atoms with E-state index < -0.39 is 57.1 Å². The van der Waals surface area contributed by atoms with Gasteiger partial charge in [-0.3, -0.25) is 13.8 Å². The number of carbonyl (C=O) groups is 1. The number of amides is 1. The molecule has 16 heteroatoms. The normalized spacial score (nSPS) is 23.5. The zero-order valence-corrected chi connectivity index (χ0v) is 25.5. The van der Waals surface area contributed by atoms with Gasteiger partial charge in [-0.05, 0) is 45.7 Å². The van der Waals surface area contributed by atoms with Crippen molar-refractivity contribution in [1.29, 1.82) is 0 Å². The van der Waals surface area contributed by atoms with Crippen LogP contribution in [0.15, 0.2) is 30.5 Å². The number of carbonyl (C=O) groups excluding carboxylic acids is 1. The summed E-state index contributed by atoms with van der Waals surface area (Å²) < 4.78 is 38.0. The molecule has 0 bridgehead atoms. The number of nitrogen functional groups attached to an aromatic ring is 1. The van der Waals surface area contributed by atoms with Crippen molar-refractivity contribution in [2.24, 2.45) is 5.73 Å². The summed E-state index contributed by atoms with van der Waals surface area (Å²) in [7, 11) is -4.18. The Bertz CT molecular complexity index is 1500. The monoisotopic (exact) mass is 622 g/mol. The highest BCUT2D eigenvalue weighted by Crippen LogP contribution is 2.47. The van der Waals surface area contributed by atoms with Crippen LogP contribution in [-0.4, -0.2) is 79.1 Å². The zero-order valence-electron chi connectivity index (χ0n) is 24.6. The fourth-order valence-corrected chi connectivity index (χ4v) is 6.19. The predicted octanol–water partition coefficient (Wildman–Crippen LogP) is 1.41. The van der Waals surface area contributed by atoms with Crippen LogP contribution in [0.4, 0.5) is 5.82 Å². The SMILES string of the molecule is Cc1nc(N)c2c(C(N)=O)cn([C@@H]3O[C@H](COP(=O)(N[C@@H](C)C(O)OC(C)C)OCc4ccccc4C)[C@@H](O)[C@H]3O)c2n1. The third kappa shape index (κ3) is 7.40. The molecular formula is C27H39N6O9P. The number of rotatable bonds is 13. The highest BCUT2D eigenvalue weighted by molar-refractivity contribution is 7.51. The van der Waals surface area contributed by atoms with Crippen molar-refractivity contribution in [3.05, 3.63) is 53.0 Å². The molecule has 8 N–H and O–H groups in total. The van der Waals surface area contributed by atoms with Gasteiger partial charge in [-0.15, -0.1) is 0 Å². The van der Waals surface area contributed by atoms with E-state index in [-0.39, 0.29) is 35.1 Å². The summed E-state index contributed by atoms with van der Waals surface area (Å²) in [4.78, 5) is 20.5. The Morgan fingerprint density at radius 2 is 1.86 bits per heavy atom. The van der Waals surface area contributed by atoms with Crippen molar-refractivity contribution < 1.29 is 43.2 Å². The molecule has 0 spiro atoms. The molecule has 1 aliphatic heterocycles. The average molecular weight is 623 g/mol. The molecule has 0 aliphatic carbocycles. The lowest BCUT2D eigenvalue weighted by Crippen LogP contribution is -2.40. The molecule has 1 aliphatic rings. The maximum Gasteiger partial charge on any atom is 0.406 e. The van der Waals surface area contributed by atoms with Crippen molar-refractivity contribution in [3.8, 4) is 0 Å². The number of anilines is 1. The van der Waals surface area contributed by atoms with Gasteiger partial charge < -0.3 is 40.8 Å². The second-order valence-corrected chi connectivity index (χ2v) is 12.5. The maximum absolute atomic E-state index is 13.9. The highest BCUT2D eigenvalue weighted by Gasteiger charge is 2.46. The predicted molar refractivity (Wildman–Crippen MR) is 155 cm³/mol. The maximum atomic E-state index is 13.9. The number of benzene rings is 1. The van der Waals surface area contributed by atoms with Crippen molar-refractivity contribution in [3.63, 3.8) is 0 Å². The van der Waals surface area contributed by atoms with Crippen molar-refractivity contribution in [2.45, 2.75) is 84.2 Å². The molecule has 4 rings (SSSR count). The number of aryl methyl sites for hydroxylation is 2. The number of nitrogens with two attached hydrogens (primary N) is 2. The largest absolute Gasteiger partial charge is 0.406 e. The summed E-state index contributed by atoms with van der Waals surface area (Å²) in [6.45, 7) is 7.92. The van der Waals surface area contributed by atoms with Crippen LogP contribution in [0.1, 0.15) is 54.3 Å². The molecule has 43 heavy (non-hydrogen) atoms. The van der Waals surface area contributed by atoms with Crippen molar-refractivity contribution >= 4 is 30.5 Å². The van der Waals surface area contributed by atoms with Crippen LogP contribution in [0.5, 0.6) is 0 Å². The van der Waals surface area contributed by atoms with E-state index >= 15 is 0 Å². The molecule has 0 saturated carbocycles. The molecular weight excluding hydrogens is 583 g/mol. The summed E-state index contributed by atoms with van der Waals surface area (Å²) in [5, 5.41) is 35.1. The number of hydrogen-bond donors (Lipinski definition) is 6. The van der Waals surface area contributed by atoms with E-state index in [2.05, 4.69) is 15.1 Å². The minimum atomic E-state index is -4.18. The number of nitrogens with one attached hydrogen (secondary N) is 1. The van der Waals surface area contributed by atoms with Crippen LogP contribution in [-0.2, 0) is 29.7 Å². The van der Waals surface area contributed by atoms with E-state index in [1.165, 1.54) is 10.8 Å². The molecule has 2 aromatic heterocycles. The van der Waals surface area contributed by atoms with Crippen LogP contribution >= 0.6 is 7.75 Å². The first kappa shape index (κ1) is 32.9. The second kappa shape index (κ2) is 13.3. The minimum absolute atomic E-state index is 0.00644. The average Bonchev–Trinajstić information content (AvgIpc) is 3.44. The Balaban J connectivity index is 1.56. The fourth-order valence-electron chi connectivity index (χ4n) is 4.69. The van der Waals surface area contributed by atoms with Crippen molar-refractivity contribution in [2.75, 3.05) is 12.3 Å². The molecule has 15 nitrogen and oxygen atoms in total. The van der Waals surface area contributed by atoms with Gasteiger partial charge >= 0.3 is 7.75 Å². The number of fused-ring (bicyclic) bond motifs is 1. The highest BCUT2D eigenvalue weighted by atomic mass is 31.2. The van der Waals surface area contributed by atoms with E-state index in [4.69, 9.17) is 30.0 Å². The second-order valence-electron chi connectivity index (χ2n) is 10.7. The summed E-state index contributed by atoms with van der Waals surface area (Å²) >= 11 is 0. The fraction of sp³-hybridized carbons (Fsp3) is 0.519. The zero-order chi connectivity index (χ0) is 31.6. The van der Waals surface area contributed by atoms with Gasteiger partial charge in [0.25, 0.3) is 5.91 Å². The first-order chi connectivity index (χ1) is 20.2. The van der Waals surface area contributed by atoms with E-state index in [0.29, 0.717) is 5.82 Å². The summed E-state index contributed by atoms with van der Waals surface area (Å²) in [5.74, 6) is -0.492. The first-order valence-corrected chi connectivity index (χ1v) is 15.3. The van der Waals surface area contributed by atoms with E-state index in [1.54, 1.807) is 27.7 Å². The number of aliphatic hydroxyl groups is 3. The minimum Gasteiger partial charge on any atom is -0.387 e. The number of ether oxygens (including phenoxy) is 2. The van der Waals surface area contributed by atoms with Gasteiger partial charge in [0.1, 0.15) is 35.6 Å². The standard InChI is InChI=1S/C27H39N6O9P/c1-13(2)41-27(37)15(4)32-43(38,39-11-17-9-7-6-8-14(17)3)40-12-19-21(34)22(35)26(42-19)33-10-18(24(29)36)20-23(28)30-16(5)31-25(20)33/h6-10,13,15,19,21-22,26-27,34-35,37H,11-12H2,1-5H3,(H2,29,36)(H,32,38)(H2,28,30,31)/t15-,19+,21+,22+,26+,27?,43?/m0/s1. The molecule has 0 radical (unpaired) electrons. The Hall–Kier alpha value is -2.98. The van der Waals surface area contributed by atoms with E-state index in [1.807, 2.05) is 31.2 Å². The van der Waals surface area contributed by atoms with Crippen LogP contribution in [0, 0.1) is 13.8 Å². The molecule has 1 aromatic carbocycles. The topological polar surface area (TPSA) is 227 Å². The van der Waals surface area contributed by atoms with Crippen LogP contribution in [0.25, 0.3) is 11.0 Å². The summed E-state index contributed by atoms with van der Waals surface area (Å²) in [6, 6.07) is 6.47. The van der Waals surface area contributed by atoms with Crippen LogP contribution in [0.2, 0.25) is 0 Å². The molecule has 1 fully saturated rings. The van der Waals surface area contributed by atoms with Gasteiger partial charge in [-0.25, -0.2) is 19.6 Å². The molecule has 2 unspecified atom stereocenters. The molecule has 3 heterocycles. The smallest absolute Gasteiger partial charge is 0.387 e. The van der Waals surface area contributed by atoms with Crippen LogP contribution < -0.4 is 16.6 Å². The molecule has 1 saturated heterocycles. The molecule has 3 aromatic rings. The Kier molecular flexibility index (Phi) is 10.2. The lowest BCUT2D eigenvalue weighted by Gasteiger charge is -2.28. The van der Waals surface area contributed by atoms with Crippen molar-refractivity contribution in [1.82, 2.24) is 19.6 Å². The first-order valence-electron chi connectivity index (χ1n) is 13.7. The number of primary amides is 1. The number of aromatic nitrogens is 3. The third-order valence-corrected chi connectivity index (χ3v) is 8.63. The Labute approximate surface area is 248 Å². The third-order valence-electron chi connectivity index (χ3n) is 6.95. The summed E-state index contributed by atoms with van der Waals surface area (Å²) in [5.41, 5.74) is 13.4. The van der Waals surface area contributed by atoms with Gasteiger partial charge in [-0.2, -0.15) is 0 Å². The lowest BCUT2D eigenvalue weighted by molar-refractivity contribution is -0.138. The summed E-state index contributed by atoms with van der Waals surface area (Å²) in [6.07, 6.45) is -5.78. The molecule has 7 atom stereocenters. The number of aliphatic hydroxyl groups excluding tert-OH is 3. The van der Waals surface area contributed by atoms with Gasteiger partial charge in [-0.1, -0.05) is 24.3 Å². The Morgan fingerprint density at radius 3 is 2.51 bits per heavy atom. The lowest BCUT2D eigenvalue weighted by atomic mass is 10.1. The molecule has 236 valence electrons. The van der Waals surface area contributed by atoms with E-state index in [0.717, 1.165) is 11.1 Å². The van der Waals surface area contributed by atoms with Gasteiger partial charge in [0.2, 0.25) is 0 Å². The van der Waals surface area contributed by atoms with Crippen LogP contribution in [0.3, 0.4) is 0 Å². The van der Waals surface area contributed by atoms with Gasteiger partial charge in [0, 0.05) is 6.20 Å². The quantitative estimate of drug-likeness (QED) is 0.117. The molecule has 1 amide bonds. The van der Waals surface area contributed by atoms with Gasteiger partial charge in [0.05, 0.1) is 36.3 Å². The number of nitrogens with zero attached hydrogens (tertiary/aromatic N) is 3. The van der Waals surface area contributed by atoms with E-state index in [9.17, 15) is 24.7 Å².